The van der Waals surface area contributed by atoms with Gasteiger partial charge in [0.25, 0.3) is 5.91 Å². The second-order valence-electron chi connectivity index (χ2n) is 7.02. The van der Waals surface area contributed by atoms with Crippen LogP contribution in [0.1, 0.15) is 54.0 Å². The average molecular weight is 379 g/mol. The second kappa shape index (κ2) is 7.92. The van der Waals surface area contributed by atoms with Crippen LogP contribution >= 0.6 is 0 Å². The smallest absolute Gasteiger partial charge is 0.254 e. The van der Waals surface area contributed by atoms with E-state index >= 15 is 0 Å². The van der Waals surface area contributed by atoms with Gasteiger partial charge in [0.1, 0.15) is 11.9 Å². The Kier molecular flexibility index (Phi) is 5.19. The zero-order chi connectivity index (χ0) is 19.5. The maximum Gasteiger partial charge on any atom is 0.254 e. The van der Waals surface area contributed by atoms with E-state index in [2.05, 4.69) is 17.1 Å². The minimum atomic E-state index is -0.314. The number of rotatable bonds is 4. The van der Waals surface area contributed by atoms with Crippen LogP contribution in [0.2, 0.25) is 0 Å². The normalized spacial score (nSPS) is 16.9. The Morgan fingerprint density at radius 2 is 1.89 bits per heavy atom. The van der Waals surface area contributed by atoms with Crippen molar-refractivity contribution in [3.8, 4) is 11.4 Å². The summed E-state index contributed by atoms with van der Waals surface area (Å²) in [5.41, 5.74) is 2.55. The van der Waals surface area contributed by atoms with Crippen LogP contribution in [0.5, 0.6) is 0 Å². The van der Waals surface area contributed by atoms with E-state index < -0.39 is 0 Å². The first-order chi connectivity index (χ1) is 13.7. The number of nitrogens with zero attached hydrogens (tertiary/aromatic N) is 3. The zero-order valence-electron chi connectivity index (χ0n) is 15.8. The molecule has 4 rings (SSSR count). The van der Waals surface area contributed by atoms with Crippen molar-refractivity contribution in [2.75, 3.05) is 6.54 Å². The van der Waals surface area contributed by atoms with Gasteiger partial charge in [-0.25, -0.2) is 4.39 Å². The predicted molar refractivity (Wildman–Crippen MR) is 103 cm³/mol. The monoisotopic (exact) mass is 379 g/mol. The number of carbonyl (C=O) groups is 1. The number of hydrogen-bond acceptors (Lipinski definition) is 4. The minimum Gasteiger partial charge on any atom is -0.337 e. The van der Waals surface area contributed by atoms with Gasteiger partial charge in [0.2, 0.25) is 11.7 Å². The van der Waals surface area contributed by atoms with Crippen LogP contribution in [0.15, 0.2) is 53.1 Å². The van der Waals surface area contributed by atoms with E-state index in [0.717, 1.165) is 25.7 Å². The summed E-state index contributed by atoms with van der Waals surface area (Å²) in [6.07, 6.45) is 3.67. The fraction of sp³-hybridized carbons (Fsp3) is 0.318. The molecule has 5 nitrogen and oxygen atoms in total. The summed E-state index contributed by atoms with van der Waals surface area (Å²) in [6, 6.07) is 13.5. The number of likely N-dealkylation sites (tertiary alicyclic amines) is 1. The fourth-order valence-corrected chi connectivity index (χ4v) is 3.57. The van der Waals surface area contributed by atoms with E-state index in [1.54, 1.807) is 12.1 Å². The quantitative estimate of drug-likeness (QED) is 0.653. The van der Waals surface area contributed by atoms with E-state index in [-0.39, 0.29) is 17.8 Å². The molecule has 28 heavy (non-hydrogen) atoms. The van der Waals surface area contributed by atoms with E-state index in [1.807, 2.05) is 29.2 Å². The van der Waals surface area contributed by atoms with Gasteiger partial charge in [0.05, 0.1) is 0 Å². The minimum absolute atomic E-state index is 0.0196. The number of hydrogen-bond donors (Lipinski definition) is 0. The van der Waals surface area contributed by atoms with Crippen molar-refractivity contribution in [3.05, 3.63) is 71.4 Å². The van der Waals surface area contributed by atoms with Gasteiger partial charge in [-0.3, -0.25) is 4.79 Å². The molecule has 1 aliphatic heterocycles. The SMILES string of the molecule is CCc1ccc(C(=O)N2CCCC[C@H]2c2nc(-c3ccc(F)cc3)no2)cc1. The van der Waals surface area contributed by atoms with Crippen molar-refractivity contribution in [1.82, 2.24) is 15.0 Å². The van der Waals surface area contributed by atoms with Crippen molar-refractivity contribution in [1.29, 1.82) is 0 Å². The Balaban J connectivity index is 1.58. The van der Waals surface area contributed by atoms with Gasteiger partial charge in [-0.15, -0.1) is 0 Å². The molecule has 0 unspecified atom stereocenters. The molecule has 0 spiro atoms. The van der Waals surface area contributed by atoms with Crippen molar-refractivity contribution in [3.63, 3.8) is 0 Å². The van der Waals surface area contributed by atoms with Crippen LogP contribution in [0.4, 0.5) is 4.39 Å². The first kappa shape index (κ1) is 18.3. The predicted octanol–water partition coefficient (Wildman–Crippen LogP) is 4.81. The molecule has 2 aromatic carbocycles. The summed E-state index contributed by atoms with van der Waals surface area (Å²) in [4.78, 5) is 19.4. The van der Waals surface area contributed by atoms with Crippen LogP contribution < -0.4 is 0 Å². The number of amides is 1. The van der Waals surface area contributed by atoms with Gasteiger partial charge in [-0.05, 0) is 67.6 Å². The first-order valence-electron chi connectivity index (χ1n) is 9.65. The fourth-order valence-electron chi connectivity index (χ4n) is 3.57. The number of halogens is 1. The lowest BCUT2D eigenvalue weighted by atomic mass is 10.00. The molecule has 0 N–H and O–H groups in total. The molecule has 0 radical (unpaired) electrons. The third kappa shape index (κ3) is 3.67. The Hall–Kier alpha value is -3.02. The highest BCUT2D eigenvalue weighted by Crippen LogP contribution is 2.32. The topological polar surface area (TPSA) is 59.2 Å². The molecule has 6 heteroatoms. The number of aryl methyl sites for hydroxylation is 1. The van der Waals surface area contributed by atoms with Gasteiger partial charge in [0, 0.05) is 17.7 Å². The third-order valence-electron chi connectivity index (χ3n) is 5.20. The van der Waals surface area contributed by atoms with Crippen molar-refractivity contribution < 1.29 is 13.7 Å². The molecule has 1 atom stereocenters. The molecule has 0 bridgehead atoms. The molecule has 0 aliphatic carbocycles. The van der Waals surface area contributed by atoms with Gasteiger partial charge in [0.15, 0.2) is 0 Å². The van der Waals surface area contributed by atoms with E-state index in [4.69, 9.17) is 4.52 Å². The number of carbonyl (C=O) groups excluding carboxylic acids is 1. The number of aromatic nitrogens is 2. The molecule has 1 amide bonds. The Morgan fingerprint density at radius 1 is 1.14 bits per heavy atom. The summed E-state index contributed by atoms with van der Waals surface area (Å²) in [5.74, 6) is 0.498. The molecule has 3 aromatic rings. The Morgan fingerprint density at radius 3 is 2.61 bits per heavy atom. The maximum atomic E-state index is 13.1. The summed E-state index contributed by atoms with van der Waals surface area (Å²) >= 11 is 0. The van der Waals surface area contributed by atoms with Crippen LogP contribution in [0, 0.1) is 5.82 Å². The second-order valence-corrected chi connectivity index (χ2v) is 7.02. The van der Waals surface area contributed by atoms with Crippen LogP contribution in [0.25, 0.3) is 11.4 Å². The molecule has 1 fully saturated rings. The lowest BCUT2D eigenvalue weighted by Crippen LogP contribution is -2.38. The largest absolute Gasteiger partial charge is 0.337 e. The molecule has 2 heterocycles. The highest BCUT2D eigenvalue weighted by atomic mass is 19.1. The Bertz CT molecular complexity index is 951. The zero-order valence-corrected chi connectivity index (χ0v) is 15.8. The standard InChI is InChI=1S/C22H22FN3O2/c1-2-15-6-8-17(9-7-15)22(27)26-14-4-3-5-19(26)21-24-20(25-28-21)16-10-12-18(23)13-11-16/h6-13,19H,2-5,14H2,1H3/t19-/m0/s1. The van der Waals surface area contributed by atoms with Crippen molar-refractivity contribution in [2.45, 2.75) is 38.6 Å². The van der Waals surface area contributed by atoms with Crippen LogP contribution in [-0.4, -0.2) is 27.5 Å². The van der Waals surface area contributed by atoms with Gasteiger partial charge in [-0.1, -0.05) is 24.2 Å². The summed E-state index contributed by atoms with van der Waals surface area (Å²) in [7, 11) is 0. The lowest BCUT2D eigenvalue weighted by Gasteiger charge is -2.33. The highest BCUT2D eigenvalue weighted by Gasteiger charge is 2.32. The van der Waals surface area contributed by atoms with E-state index in [0.29, 0.717) is 29.4 Å². The molecule has 144 valence electrons. The molecule has 1 saturated heterocycles. The van der Waals surface area contributed by atoms with Gasteiger partial charge in [-0.2, -0.15) is 4.98 Å². The van der Waals surface area contributed by atoms with E-state index in [1.165, 1.54) is 17.7 Å². The first-order valence-corrected chi connectivity index (χ1v) is 9.65. The maximum absolute atomic E-state index is 13.1. The van der Waals surface area contributed by atoms with Crippen LogP contribution in [-0.2, 0) is 6.42 Å². The van der Waals surface area contributed by atoms with Gasteiger partial charge < -0.3 is 9.42 Å². The molecule has 1 aromatic heterocycles. The molecular weight excluding hydrogens is 357 g/mol. The Labute approximate surface area is 163 Å². The summed E-state index contributed by atoms with van der Waals surface area (Å²) in [5, 5.41) is 4.03. The molecule has 0 saturated carbocycles. The summed E-state index contributed by atoms with van der Waals surface area (Å²) in [6.45, 7) is 2.75. The average Bonchev–Trinajstić information content (AvgIpc) is 3.24. The van der Waals surface area contributed by atoms with Crippen LogP contribution in [0.3, 0.4) is 0 Å². The molecular formula is C22H22FN3O2. The van der Waals surface area contributed by atoms with Gasteiger partial charge >= 0.3 is 0 Å². The third-order valence-corrected chi connectivity index (χ3v) is 5.20. The lowest BCUT2D eigenvalue weighted by molar-refractivity contribution is 0.0561. The van der Waals surface area contributed by atoms with Crippen molar-refractivity contribution >= 4 is 5.91 Å². The van der Waals surface area contributed by atoms with Crippen molar-refractivity contribution in [2.24, 2.45) is 0 Å². The van der Waals surface area contributed by atoms with E-state index in [9.17, 15) is 9.18 Å². The highest BCUT2D eigenvalue weighted by molar-refractivity contribution is 5.94. The number of piperidine rings is 1. The number of benzene rings is 2. The molecule has 1 aliphatic rings. The summed E-state index contributed by atoms with van der Waals surface area (Å²) < 4.78 is 18.6.